The summed E-state index contributed by atoms with van der Waals surface area (Å²) in [5.74, 6) is 0.0833. The van der Waals surface area contributed by atoms with Crippen molar-refractivity contribution < 1.29 is 22.6 Å². The van der Waals surface area contributed by atoms with Gasteiger partial charge in [-0.1, -0.05) is 20.8 Å². The second kappa shape index (κ2) is 12.7. The molecule has 0 bridgehead atoms. The first-order valence-electron chi connectivity index (χ1n) is 13.6. The first-order valence-corrected chi connectivity index (χ1v) is 13.6. The Labute approximate surface area is 224 Å². The molecular formula is C27H43F3N6O2. The van der Waals surface area contributed by atoms with Crippen LogP contribution in [0.25, 0.3) is 11.3 Å². The van der Waals surface area contributed by atoms with Crippen LogP contribution >= 0.6 is 0 Å². The summed E-state index contributed by atoms with van der Waals surface area (Å²) < 4.78 is 48.2. The molecule has 3 fully saturated rings. The van der Waals surface area contributed by atoms with Crippen molar-refractivity contribution in [3.63, 3.8) is 0 Å². The lowest BCUT2D eigenvalue weighted by Gasteiger charge is -2.55. The summed E-state index contributed by atoms with van der Waals surface area (Å²) in [6.45, 7) is 15.8. The van der Waals surface area contributed by atoms with Crippen molar-refractivity contribution in [1.29, 1.82) is 0 Å². The maximum Gasteiger partial charge on any atom is 0.573 e. The summed E-state index contributed by atoms with van der Waals surface area (Å²) in [5, 5.41) is 4.25. The second-order valence-electron chi connectivity index (χ2n) is 10.7. The van der Waals surface area contributed by atoms with Crippen LogP contribution in [-0.4, -0.2) is 82.4 Å². The molecular weight excluding hydrogens is 497 g/mol. The minimum Gasteiger partial charge on any atom is -0.402 e. The van der Waals surface area contributed by atoms with Crippen molar-refractivity contribution in [3.05, 3.63) is 24.5 Å². The van der Waals surface area contributed by atoms with Gasteiger partial charge in [0.05, 0.1) is 12.3 Å². The summed E-state index contributed by atoms with van der Waals surface area (Å²) >= 11 is 0. The number of hydrogen-bond donors (Lipinski definition) is 1. The predicted molar refractivity (Wildman–Crippen MR) is 143 cm³/mol. The predicted octanol–water partition coefficient (Wildman–Crippen LogP) is 5.22. The molecule has 0 aromatic carbocycles. The summed E-state index contributed by atoms with van der Waals surface area (Å²) in [6.07, 6.45) is 2.52. The van der Waals surface area contributed by atoms with E-state index in [0.717, 1.165) is 31.7 Å². The Bertz CT molecular complexity index is 1020. The molecule has 2 atom stereocenters. The zero-order valence-electron chi connectivity index (χ0n) is 23.5. The monoisotopic (exact) mass is 540 g/mol. The molecule has 1 aliphatic carbocycles. The van der Waals surface area contributed by atoms with E-state index in [1.165, 1.54) is 44.6 Å². The number of hydrogen-bond acceptors (Lipinski definition) is 7. The first-order chi connectivity index (χ1) is 17.9. The Kier molecular flexibility index (Phi) is 10.0. The number of likely N-dealkylation sites (tertiary alicyclic amines) is 1. The number of anilines is 1. The summed E-state index contributed by atoms with van der Waals surface area (Å²) in [7, 11) is 2.21. The summed E-state index contributed by atoms with van der Waals surface area (Å²) in [5.41, 5.74) is 6.46. The third-order valence-electron chi connectivity index (χ3n) is 7.15. The van der Waals surface area contributed by atoms with Crippen LogP contribution in [0.5, 0.6) is 5.75 Å². The zero-order chi connectivity index (χ0) is 28.1. The molecule has 11 heteroatoms. The summed E-state index contributed by atoms with van der Waals surface area (Å²) in [4.78, 5) is 8.77. The molecule has 8 nitrogen and oxygen atoms in total. The fourth-order valence-electron chi connectivity index (χ4n) is 5.27. The van der Waals surface area contributed by atoms with Gasteiger partial charge >= 0.3 is 6.36 Å². The van der Waals surface area contributed by atoms with Crippen LogP contribution in [0, 0.1) is 5.92 Å². The Balaban J connectivity index is 0.000000201. The van der Waals surface area contributed by atoms with Gasteiger partial charge in [0.2, 0.25) is 0 Å². The molecule has 3 aliphatic rings. The van der Waals surface area contributed by atoms with Gasteiger partial charge in [-0.05, 0) is 58.2 Å². The number of rotatable bonds is 4. The molecule has 5 rings (SSSR count). The number of ether oxygens (including phenoxy) is 2. The Morgan fingerprint density at radius 1 is 1.18 bits per heavy atom. The molecule has 38 heavy (non-hydrogen) atoms. The minimum atomic E-state index is -4.81. The molecule has 4 heterocycles. The number of nitrogens with zero attached hydrogens (tertiary/aromatic N) is 5. The van der Waals surface area contributed by atoms with Gasteiger partial charge in [-0.15, -0.1) is 13.2 Å². The van der Waals surface area contributed by atoms with Crippen LogP contribution in [0.3, 0.4) is 0 Å². The smallest absolute Gasteiger partial charge is 0.402 e. The molecule has 1 spiro atoms. The lowest BCUT2D eigenvalue weighted by molar-refractivity contribution is -0.274. The van der Waals surface area contributed by atoms with E-state index in [9.17, 15) is 13.2 Å². The van der Waals surface area contributed by atoms with E-state index in [0.29, 0.717) is 11.3 Å². The highest BCUT2D eigenvalue weighted by molar-refractivity contribution is 5.63. The molecule has 1 saturated carbocycles. The molecule has 2 N–H and O–H groups in total. The molecule has 2 aromatic heterocycles. The van der Waals surface area contributed by atoms with Crippen LogP contribution in [0.1, 0.15) is 59.9 Å². The first kappa shape index (κ1) is 30.2. The van der Waals surface area contributed by atoms with Crippen LogP contribution in [0.2, 0.25) is 0 Å². The van der Waals surface area contributed by atoms with Crippen molar-refractivity contribution in [2.24, 2.45) is 5.92 Å². The van der Waals surface area contributed by atoms with Gasteiger partial charge in [0.15, 0.2) is 11.6 Å². The van der Waals surface area contributed by atoms with Gasteiger partial charge in [-0.2, -0.15) is 5.10 Å². The van der Waals surface area contributed by atoms with Gasteiger partial charge in [0.1, 0.15) is 5.60 Å². The van der Waals surface area contributed by atoms with E-state index in [-0.39, 0.29) is 17.5 Å². The normalized spacial score (nSPS) is 23.3. The molecule has 2 saturated heterocycles. The maximum atomic E-state index is 12.2. The lowest BCUT2D eigenvalue weighted by Crippen LogP contribution is -2.71. The highest BCUT2D eigenvalue weighted by Crippen LogP contribution is 2.37. The fourth-order valence-corrected chi connectivity index (χ4v) is 5.27. The lowest BCUT2D eigenvalue weighted by atomic mass is 9.89. The topological polar surface area (TPSA) is 81.7 Å². The van der Waals surface area contributed by atoms with E-state index in [1.807, 2.05) is 27.7 Å². The van der Waals surface area contributed by atoms with E-state index < -0.39 is 12.1 Å². The minimum absolute atomic E-state index is 0.149. The largest absolute Gasteiger partial charge is 0.573 e. The number of likely N-dealkylation sites (N-methyl/N-ethyl adjacent to an activating group) is 1. The van der Waals surface area contributed by atoms with Crippen LogP contribution in [0.15, 0.2) is 24.5 Å². The molecule has 0 amide bonds. The standard InChI is InChI=1S/C13H24N2O.C12H13F3N4O.C2H6/c1-11-3-4-12(7-11)15-9-13(10-15)8-14(2)5-6-16-13;1-7(2)19-4-3-9(18-19)8-5-10(11(16)17-6-8)20-12(13,14)15;1-2/h11-12H,3-10H2,1-2H3;3-7H,1-2H3,(H2,16,17);1-2H3. The van der Waals surface area contributed by atoms with Crippen molar-refractivity contribution in [1.82, 2.24) is 24.6 Å². The molecule has 2 aromatic rings. The highest BCUT2D eigenvalue weighted by Gasteiger charge is 2.49. The Hall–Kier alpha value is -2.37. The average Bonchev–Trinajstić information content (AvgIpc) is 3.49. The van der Waals surface area contributed by atoms with Crippen molar-refractivity contribution >= 4 is 5.82 Å². The number of alkyl halides is 3. The third kappa shape index (κ3) is 7.83. The van der Waals surface area contributed by atoms with E-state index in [2.05, 4.69) is 38.6 Å². The third-order valence-corrected chi connectivity index (χ3v) is 7.15. The molecule has 214 valence electrons. The number of halogens is 3. The van der Waals surface area contributed by atoms with Gasteiger partial charge in [0, 0.05) is 56.2 Å². The second-order valence-corrected chi connectivity index (χ2v) is 10.7. The quantitative estimate of drug-likeness (QED) is 0.569. The SMILES string of the molecule is CC.CC(C)n1ccc(-c2cnc(N)c(OC(F)(F)F)c2)n1.CC1CCC(N2CC3(CN(C)CCO3)C2)C1. The number of pyridine rings is 1. The number of aromatic nitrogens is 3. The van der Waals surface area contributed by atoms with E-state index in [1.54, 1.807) is 16.9 Å². The van der Waals surface area contributed by atoms with E-state index in [4.69, 9.17) is 10.5 Å². The van der Waals surface area contributed by atoms with Crippen molar-refractivity contribution in [2.45, 2.75) is 77.9 Å². The van der Waals surface area contributed by atoms with Gasteiger partial charge in [-0.3, -0.25) is 9.58 Å². The van der Waals surface area contributed by atoms with E-state index >= 15 is 0 Å². The Morgan fingerprint density at radius 3 is 2.45 bits per heavy atom. The van der Waals surface area contributed by atoms with Crippen LogP contribution in [-0.2, 0) is 4.74 Å². The number of nitrogens with two attached hydrogens (primary N) is 1. The Morgan fingerprint density at radius 2 is 1.89 bits per heavy atom. The average molecular weight is 541 g/mol. The zero-order valence-corrected chi connectivity index (χ0v) is 23.5. The van der Waals surface area contributed by atoms with Crippen molar-refractivity contribution in [2.75, 3.05) is 45.6 Å². The molecule has 2 unspecified atom stereocenters. The van der Waals surface area contributed by atoms with Gasteiger partial charge in [-0.25, -0.2) is 4.98 Å². The number of morpholine rings is 1. The van der Waals surface area contributed by atoms with Crippen molar-refractivity contribution in [3.8, 4) is 17.0 Å². The van der Waals surface area contributed by atoms with Crippen LogP contribution < -0.4 is 10.5 Å². The maximum absolute atomic E-state index is 12.2. The van der Waals surface area contributed by atoms with Gasteiger partial charge < -0.3 is 20.1 Å². The summed E-state index contributed by atoms with van der Waals surface area (Å²) in [6, 6.07) is 3.86. The van der Waals surface area contributed by atoms with Crippen LogP contribution in [0.4, 0.5) is 19.0 Å². The molecule has 0 radical (unpaired) electrons. The van der Waals surface area contributed by atoms with Gasteiger partial charge in [0.25, 0.3) is 0 Å². The fraction of sp³-hybridized carbons (Fsp3) is 0.704. The highest BCUT2D eigenvalue weighted by atomic mass is 19.4. The number of nitrogen functional groups attached to an aromatic ring is 1. The molecule has 2 aliphatic heterocycles.